The molecule has 0 fully saturated rings. The molecule has 1 aromatic carbocycles. The molecule has 2 N–H and O–H groups in total. The van der Waals surface area contributed by atoms with Crippen LogP contribution >= 0.6 is 0 Å². The molecule has 2 rings (SSSR count). The van der Waals surface area contributed by atoms with Gasteiger partial charge in [0.25, 0.3) is 0 Å². The van der Waals surface area contributed by atoms with Crippen LogP contribution in [0.2, 0.25) is 0 Å². The van der Waals surface area contributed by atoms with Crippen molar-refractivity contribution in [3.05, 3.63) is 29.8 Å². The summed E-state index contributed by atoms with van der Waals surface area (Å²) in [5.74, 6) is 0.0632. The van der Waals surface area contributed by atoms with Crippen molar-refractivity contribution >= 4 is 11.6 Å². The summed E-state index contributed by atoms with van der Waals surface area (Å²) >= 11 is 0. The van der Waals surface area contributed by atoms with Gasteiger partial charge in [-0.25, -0.2) is 0 Å². The van der Waals surface area contributed by atoms with Gasteiger partial charge in [-0.1, -0.05) is 25.1 Å². The number of para-hydroxylation sites is 1. The molecule has 0 saturated heterocycles. The number of hydrogen-bond acceptors (Lipinski definition) is 3. The number of aliphatic hydroxyl groups is 1. The number of carbonyl (C=O) groups excluding carboxylic acids is 1. The van der Waals surface area contributed by atoms with Crippen LogP contribution in [0.3, 0.4) is 0 Å². The van der Waals surface area contributed by atoms with Gasteiger partial charge in [0.15, 0.2) is 0 Å². The highest BCUT2D eigenvalue weighted by Crippen LogP contribution is 2.41. The Morgan fingerprint density at radius 1 is 1.35 bits per heavy atom. The number of rotatable bonds is 6. The molecule has 0 radical (unpaired) electrons. The molecule has 1 aromatic rings. The standard InChI is InChI=1S/C16H24N2O2/c1-4-9-17-10-12(19)11-18-14-8-6-5-7-13(14)16(2,3)15(18)20/h5-8,12,17,19H,4,9-11H2,1-3H3. The maximum absolute atomic E-state index is 12.5. The third-order valence-electron chi connectivity index (χ3n) is 3.85. The quantitative estimate of drug-likeness (QED) is 0.777. The van der Waals surface area contributed by atoms with E-state index in [9.17, 15) is 9.90 Å². The molecule has 0 bridgehead atoms. The molecule has 1 aliphatic heterocycles. The van der Waals surface area contributed by atoms with E-state index in [0.717, 1.165) is 24.2 Å². The summed E-state index contributed by atoms with van der Waals surface area (Å²) in [6.45, 7) is 7.71. The molecule has 20 heavy (non-hydrogen) atoms. The molecule has 1 amide bonds. The normalized spacial score (nSPS) is 18.2. The molecule has 0 aliphatic carbocycles. The molecule has 0 aromatic heterocycles. The van der Waals surface area contributed by atoms with Gasteiger partial charge in [-0.05, 0) is 38.4 Å². The Labute approximate surface area is 120 Å². The number of nitrogens with one attached hydrogen (secondary N) is 1. The van der Waals surface area contributed by atoms with Gasteiger partial charge in [0, 0.05) is 12.2 Å². The van der Waals surface area contributed by atoms with E-state index < -0.39 is 11.5 Å². The molecule has 4 heteroatoms. The first kappa shape index (κ1) is 15.0. The number of aliphatic hydroxyl groups excluding tert-OH is 1. The molecular formula is C16H24N2O2. The van der Waals surface area contributed by atoms with Crippen LogP contribution in [0.25, 0.3) is 0 Å². The van der Waals surface area contributed by atoms with Crippen molar-refractivity contribution in [2.24, 2.45) is 0 Å². The minimum absolute atomic E-state index is 0.0632. The number of benzene rings is 1. The largest absolute Gasteiger partial charge is 0.390 e. The second kappa shape index (κ2) is 5.94. The highest BCUT2D eigenvalue weighted by Gasteiger charge is 2.43. The van der Waals surface area contributed by atoms with Crippen molar-refractivity contribution in [1.82, 2.24) is 5.32 Å². The third kappa shape index (κ3) is 2.72. The fraction of sp³-hybridized carbons (Fsp3) is 0.562. The van der Waals surface area contributed by atoms with Gasteiger partial charge in [-0.3, -0.25) is 4.79 Å². The summed E-state index contributed by atoms with van der Waals surface area (Å²) in [7, 11) is 0. The van der Waals surface area contributed by atoms with Crippen LogP contribution in [0.15, 0.2) is 24.3 Å². The van der Waals surface area contributed by atoms with Crippen LogP contribution in [0.5, 0.6) is 0 Å². The number of amides is 1. The second-order valence-electron chi connectivity index (χ2n) is 5.92. The van der Waals surface area contributed by atoms with Gasteiger partial charge in [0.2, 0.25) is 5.91 Å². The molecule has 110 valence electrons. The predicted octanol–water partition coefficient (Wildman–Crippen LogP) is 1.67. The van der Waals surface area contributed by atoms with E-state index in [1.807, 2.05) is 38.1 Å². The zero-order chi connectivity index (χ0) is 14.8. The number of anilines is 1. The lowest BCUT2D eigenvalue weighted by Gasteiger charge is -2.23. The van der Waals surface area contributed by atoms with E-state index in [2.05, 4.69) is 12.2 Å². The first-order valence-electron chi connectivity index (χ1n) is 7.28. The van der Waals surface area contributed by atoms with E-state index in [4.69, 9.17) is 0 Å². The number of carbonyl (C=O) groups is 1. The zero-order valence-electron chi connectivity index (χ0n) is 12.5. The van der Waals surface area contributed by atoms with Gasteiger partial charge in [-0.2, -0.15) is 0 Å². The van der Waals surface area contributed by atoms with Crippen molar-refractivity contribution < 1.29 is 9.90 Å². The van der Waals surface area contributed by atoms with E-state index in [1.165, 1.54) is 0 Å². The molecular weight excluding hydrogens is 252 g/mol. The molecule has 1 heterocycles. The van der Waals surface area contributed by atoms with Crippen molar-refractivity contribution in [2.75, 3.05) is 24.5 Å². The Hall–Kier alpha value is -1.39. The van der Waals surface area contributed by atoms with Gasteiger partial charge < -0.3 is 15.3 Å². The molecule has 0 spiro atoms. The molecule has 1 aliphatic rings. The monoisotopic (exact) mass is 276 g/mol. The SMILES string of the molecule is CCCNCC(O)CN1C(=O)C(C)(C)c2ccccc21. The summed E-state index contributed by atoms with van der Waals surface area (Å²) in [4.78, 5) is 14.3. The van der Waals surface area contributed by atoms with E-state index in [-0.39, 0.29) is 5.91 Å². The summed E-state index contributed by atoms with van der Waals surface area (Å²) in [6, 6.07) is 7.84. The summed E-state index contributed by atoms with van der Waals surface area (Å²) in [5, 5.41) is 13.3. The van der Waals surface area contributed by atoms with E-state index in [1.54, 1.807) is 4.90 Å². The first-order valence-corrected chi connectivity index (χ1v) is 7.28. The van der Waals surface area contributed by atoms with E-state index in [0.29, 0.717) is 13.1 Å². The Balaban J connectivity index is 2.11. The van der Waals surface area contributed by atoms with Crippen LogP contribution in [0, 0.1) is 0 Å². The highest BCUT2D eigenvalue weighted by molar-refractivity contribution is 6.07. The lowest BCUT2D eigenvalue weighted by Crippen LogP contribution is -2.43. The summed E-state index contributed by atoms with van der Waals surface area (Å²) in [6.07, 6.45) is 0.484. The minimum Gasteiger partial charge on any atom is -0.390 e. The van der Waals surface area contributed by atoms with Crippen LogP contribution in [-0.4, -0.2) is 36.8 Å². The fourth-order valence-corrected chi connectivity index (χ4v) is 2.70. The number of nitrogens with zero attached hydrogens (tertiary/aromatic N) is 1. The average molecular weight is 276 g/mol. The van der Waals surface area contributed by atoms with Crippen LogP contribution in [0.1, 0.15) is 32.8 Å². The van der Waals surface area contributed by atoms with Gasteiger partial charge in [0.1, 0.15) is 0 Å². The summed E-state index contributed by atoms with van der Waals surface area (Å²) in [5.41, 5.74) is 1.46. The smallest absolute Gasteiger partial charge is 0.237 e. The van der Waals surface area contributed by atoms with Crippen molar-refractivity contribution in [1.29, 1.82) is 0 Å². The molecule has 1 atom stereocenters. The third-order valence-corrected chi connectivity index (χ3v) is 3.85. The first-order chi connectivity index (χ1) is 9.48. The predicted molar refractivity (Wildman–Crippen MR) is 81.0 cm³/mol. The average Bonchev–Trinajstić information content (AvgIpc) is 2.61. The second-order valence-corrected chi connectivity index (χ2v) is 5.92. The highest BCUT2D eigenvalue weighted by atomic mass is 16.3. The van der Waals surface area contributed by atoms with E-state index >= 15 is 0 Å². The lowest BCUT2D eigenvalue weighted by molar-refractivity contribution is -0.122. The molecule has 0 saturated carbocycles. The Morgan fingerprint density at radius 3 is 2.75 bits per heavy atom. The lowest BCUT2D eigenvalue weighted by atomic mass is 9.86. The Morgan fingerprint density at radius 2 is 2.05 bits per heavy atom. The van der Waals surface area contributed by atoms with Crippen LogP contribution in [-0.2, 0) is 10.2 Å². The minimum atomic E-state index is -0.549. The van der Waals surface area contributed by atoms with Crippen LogP contribution < -0.4 is 10.2 Å². The molecule has 1 unspecified atom stereocenters. The maximum atomic E-state index is 12.5. The number of hydrogen-bond donors (Lipinski definition) is 2. The van der Waals surface area contributed by atoms with Crippen molar-refractivity contribution in [3.8, 4) is 0 Å². The molecule has 4 nitrogen and oxygen atoms in total. The summed E-state index contributed by atoms with van der Waals surface area (Å²) < 4.78 is 0. The van der Waals surface area contributed by atoms with Crippen molar-refractivity contribution in [2.45, 2.75) is 38.7 Å². The Kier molecular flexibility index (Phi) is 4.45. The zero-order valence-corrected chi connectivity index (χ0v) is 12.5. The number of β-amino-alcohol motifs (C(OH)–C–C–N with tert-alkyl or cyclic N) is 1. The van der Waals surface area contributed by atoms with Gasteiger partial charge in [-0.15, -0.1) is 0 Å². The maximum Gasteiger partial charge on any atom is 0.237 e. The topological polar surface area (TPSA) is 52.6 Å². The van der Waals surface area contributed by atoms with Crippen molar-refractivity contribution in [3.63, 3.8) is 0 Å². The van der Waals surface area contributed by atoms with Gasteiger partial charge in [0.05, 0.1) is 18.1 Å². The van der Waals surface area contributed by atoms with Gasteiger partial charge >= 0.3 is 0 Å². The Bertz CT molecular complexity index is 485. The fourth-order valence-electron chi connectivity index (χ4n) is 2.70. The van der Waals surface area contributed by atoms with Crippen LogP contribution in [0.4, 0.5) is 5.69 Å². The number of fused-ring (bicyclic) bond motifs is 1.